The second-order valence-electron chi connectivity index (χ2n) is 6.51. The molecule has 1 atom stereocenters. The number of hydrogen-bond donors (Lipinski definition) is 0. The van der Waals surface area contributed by atoms with E-state index >= 15 is 0 Å². The Morgan fingerprint density at radius 1 is 1.33 bits per heavy atom. The van der Waals surface area contributed by atoms with E-state index < -0.39 is 0 Å². The number of benzene rings is 1. The smallest absolute Gasteiger partial charge is 0.246 e. The Balaban J connectivity index is 1.64. The summed E-state index contributed by atoms with van der Waals surface area (Å²) in [5.74, 6) is 1.80. The standard InChI is InChI=1S/C19H23N3O2/c1-14(2)18-20-19(24-21-18)16-9-6-12-22(13-16)17(23)11-10-15-7-4-3-5-8-15/h3-5,7-8,10-11,14,16H,6,9,12-13H2,1-2H3/b11-10+/t16-/m1/s1. The van der Waals surface area contributed by atoms with Crippen LogP contribution in [0.2, 0.25) is 0 Å². The van der Waals surface area contributed by atoms with Crippen LogP contribution in [0.5, 0.6) is 0 Å². The zero-order chi connectivity index (χ0) is 16.9. The third kappa shape index (κ3) is 3.91. The summed E-state index contributed by atoms with van der Waals surface area (Å²) in [4.78, 5) is 18.8. The molecule has 0 unspecified atom stereocenters. The molecule has 1 saturated heterocycles. The summed E-state index contributed by atoms with van der Waals surface area (Å²) in [6.45, 7) is 5.50. The second kappa shape index (κ2) is 7.43. The molecule has 0 aliphatic carbocycles. The fourth-order valence-corrected chi connectivity index (χ4v) is 2.86. The van der Waals surface area contributed by atoms with Crippen LogP contribution in [0.15, 0.2) is 40.9 Å². The Hall–Kier alpha value is -2.43. The largest absolute Gasteiger partial charge is 0.339 e. The van der Waals surface area contributed by atoms with Gasteiger partial charge in [0.15, 0.2) is 5.82 Å². The lowest BCUT2D eigenvalue weighted by Crippen LogP contribution is -2.38. The topological polar surface area (TPSA) is 59.2 Å². The molecule has 0 N–H and O–H groups in total. The summed E-state index contributed by atoms with van der Waals surface area (Å²) >= 11 is 0. The van der Waals surface area contributed by atoms with Gasteiger partial charge in [-0.25, -0.2) is 0 Å². The highest BCUT2D eigenvalue weighted by Crippen LogP contribution is 2.27. The van der Waals surface area contributed by atoms with Gasteiger partial charge >= 0.3 is 0 Å². The third-order valence-electron chi connectivity index (χ3n) is 4.27. The van der Waals surface area contributed by atoms with E-state index in [-0.39, 0.29) is 17.7 Å². The maximum absolute atomic E-state index is 12.4. The van der Waals surface area contributed by atoms with Crippen molar-refractivity contribution in [3.05, 3.63) is 53.7 Å². The molecule has 24 heavy (non-hydrogen) atoms. The maximum atomic E-state index is 12.4. The molecule has 2 aromatic rings. The van der Waals surface area contributed by atoms with Gasteiger partial charge in [-0.1, -0.05) is 49.3 Å². The van der Waals surface area contributed by atoms with Crippen LogP contribution < -0.4 is 0 Å². The van der Waals surface area contributed by atoms with Gasteiger partial charge in [-0.3, -0.25) is 4.79 Å². The van der Waals surface area contributed by atoms with Gasteiger partial charge < -0.3 is 9.42 Å². The molecule has 1 aromatic carbocycles. The first-order chi connectivity index (χ1) is 11.6. The second-order valence-corrected chi connectivity index (χ2v) is 6.51. The van der Waals surface area contributed by atoms with Gasteiger partial charge in [0.2, 0.25) is 11.8 Å². The van der Waals surface area contributed by atoms with Crippen LogP contribution in [0, 0.1) is 0 Å². The highest BCUT2D eigenvalue weighted by molar-refractivity contribution is 5.91. The van der Waals surface area contributed by atoms with E-state index in [1.165, 1.54) is 0 Å². The molecule has 2 heterocycles. The summed E-state index contributed by atoms with van der Waals surface area (Å²) in [5.41, 5.74) is 1.03. The van der Waals surface area contributed by atoms with E-state index in [2.05, 4.69) is 10.1 Å². The molecule has 3 rings (SSSR count). The number of nitrogens with zero attached hydrogens (tertiary/aromatic N) is 3. The first kappa shape index (κ1) is 16.4. The van der Waals surface area contributed by atoms with E-state index in [1.807, 2.05) is 55.2 Å². The molecule has 5 nitrogen and oxygen atoms in total. The number of aromatic nitrogens is 2. The van der Waals surface area contributed by atoms with Crippen molar-refractivity contribution in [2.75, 3.05) is 13.1 Å². The van der Waals surface area contributed by atoms with Gasteiger partial charge in [0, 0.05) is 25.1 Å². The Labute approximate surface area is 142 Å². The van der Waals surface area contributed by atoms with Crippen molar-refractivity contribution in [1.82, 2.24) is 15.0 Å². The van der Waals surface area contributed by atoms with Gasteiger partial charge in [-0.2, -0.15) is 4.98 Å². The molecule has 5 heteroatoms. The summed E-state index contributed by atoms with van der Waals surface area (Å²) < 4.78 is 5.41. The van der Waals surface area contributed by atoms with E-state index in [9.17, 15) is 4.79 Å². The number of amides is 1. The molecule has 0 bridgehead atoms. The molecule has 126 valence electrons. The van der Waals surface area contributed by atoms with E-state index in [0.717, 1.165) is 30.8 Å². The molecular weight excluding hydrogens is 302 g/mol. The van der Waals surface area contributed by atoms with Crippen molar-refractivity contribution in [2.45, 2.75) is 38.5 Å². The maximum Gasteiger partial charge on any atom is 0.246 e. The van der Waals surface area contributed by atoms with E-state index in [0.29, 0.717) is 12.4 Å². The van der Waals surface area contributed by atoms with Crippen molar-refractivity contribution in [3.63, 3.8) is 0 Å². The molecule has 0 spiro atoms. The van der Waals surface area contributed by atoms with Gasteiger partial charge in [0.25, 0.3) is 0 Å². The highest BCUT2D eigenvalue weighted by Gasteiger charge is 2.28. The van der Waals surface area contributed by atoms with Crippen molar-refractivity contribution in [2.24, 2.45) is 0 Å². The Morgan fingerprint density at radius 3 is 2.83 bits per heavy atom. The zero-order valence-corrected chi connectivity index (χ0v) is 14.2. The predicted molar refractivity (Wildman–Crippen MR) is 92.4 cm³/mol. The fraction of sp³-hybridized carbons (Fsp3) is 0.421. The van der Waals surface area contributed by atoms with Crippen LogP contribution >= 0.6 is 0 Å². The van der Waals surface area contributed by atoms with Gasteiger partial charge in [0.05, 0.1) is 5.92 Å². The molecule has 1 aliphatic rings. The minimum atomic E-state index is 0.0344. The number of rotatable bonds is 4. The number of carbonyl (C=O) groups excluding carboxylic acids is 1. The van der Waals surface area contributed by atoms with Crippen molar-refractivity contribution >= 4 is 12.0 Å². The van der Waals surface area contributed by atoms with Crippen LogP contribution in [0.4, 0.5) is 0 Å². The normalized spacial score (nSPS) is 18.5. The first-order valence-electron chi connectivity index (χ1n) is 8.49. The van der Waals surface area contributed by atoms with Crippen LogP contribution in [-0.4, -0.2) is 34.0 Å². The molecule has 1 amide bonds. The lowest BCUT2D eigenvalue weighted by molar-refractivity contribution is -0.127. The quantitative estimate of drug-likeness (QED) is 0.806. The summed E-state index contributed by atoms with van der Waals surface area (Å²) in [6, 6.07) is 9.85. The van der Waals surface area contributed by atoms with E-state index in [1.54, 1.807) is 6.08 Å². The summed E-state index contributed by atoms with van der Waals surface area (Å²) in [5, 5.41) is 4.03. The highest BCUT2D eigenvalue weighted by atomic mass is 16.5. The van der Waals surface area contributed by atoms with Crippen molar-refractivity contribution < 1.29 is 9.32 Å². The average molecular weight is 325 g/mol. The summed E-state index contributed by atoms with van der Waals surface area (Å²) in [6.07, 6.45) is 5.43. The Kier molecular flexibility index (Phi) is 5.08. The van der Waals surface area contributed by atoms with Crippen molar-refractivity contribution in [3.8, 4) is 0 Å². The van der Waals surface area contributed by atoms with E-state index in [4.69, 9.17) is 4.52 Å². The molecule has 0 radical (unpaired) electrons. The Morgan fingerprint density at radius 2 is 2.12 bits per heavy atom. The molecule has 1 aliphatic heterocycles. The fourth-order valence-electron chi connectivity index (χ4n) is 2.86. The van der Waals surface area contributed by atoms with Gasteiger partial charge in [-0.15, -0.1) is 0 Å². The molecule has 1 fully saturated rings. The summed E-state index contributed by atoms with van der Waals surface area (Å²) in [7, 11) is 0. The van der Waals surface area contributed by atoms with Gasteiger partial charge in [0.1, 0.15) is 0 Å². The minimum absolute atomic E-state index is 0.0344. The van der Waals surface area contributed by atoms with Crippen LogP contribution in [0.25, 0.3) is 6.08 Å². The minimum Gasteiger partial charge on any atom is -0.339 e. The SMILES string of the molecule is CC(C)c1noc([C@@H]2CCCN(C(=O)/C=C/c3ccccc3)C2)n1. The third-order valence-corrected chi connectivity index (χ3v) is 4.27. The predicted octanol–water partition coefficient (Wildman–Crippen LogP) is 3.61. The lowest BCUT2D eigenvalue weighted by Gasteiger charge is -2.30. The number of carbonyl (C=O) groups is 1. The van der Waals surface area contributed by atoms with Crippen LogP contribution in [0.3, 0.4) is 0 Å². The molecular formula is C19H23N3O2. The molecule has 1 aromatic heterocycles. The first-order valence-corrected chi connectivity index (χ1v) is 8.49. The number of hydrogen-bond acceptors (Lipinski definition) is 4. The lowest BCUT2D eigenvalue weighted by atomic mass is 9.98. The number of piperidine rings is 1. The van der Waals surface area contributed by atoms with Gasteiger partial charge in [-0.05, 0) is 24.5 Å². The Bertz CT molecular complexity index is 706. The molecule has 0 saturated carbocycles. The van der Waals surface area contributed by atoms with Crippen LogP contribution in [-0.2, 0) is 4.79 Å². The van der Waals surface area contributed by atoms with Crippen molar-refractivity contribution in [1.29, 1.82) is 0 Å². The zero-order valence-electron chi connectivity index (χ0n) is 14.2. The average Bonchev–Trinajstić information content (AvgIpc) is 3.11. The van der Waals surface area contributed by atoms with Crippen LogP contribution in [0.1, 0.15) is 55.8 Å². The number of likely N-dealkylation sites (tertiary alicyclic amines) is 1. The monoisotopic (exact) mass is 325 g/mol.